The van der Waals surface area contributed by atoms with Crippen LogP contribution in [-0.2, 0) is 0 Å². The molecular formula is C7H3N3O8. The number of hydrogen-bond donors (Lipinski definition) is 0. The van der Waals surface area contributed by atoms with Gasteiger partial charge in [-0.05, 0) is 6.92 Å². The van der Waals surface area contributed by atoms with Crippen molar-refractivity contribution < 1.29 is 24.5 Å². The summed E-state index contributed by atoms with van der Waals surface area (Å²) in [6.45, 7) is 1.09. The summed E-state index contributed by atoms with van der Waals surface area (Å²) in [5.41, 5.74) is -2.98. The molecule has 0 aromatic heterocycles. The van der Waals surface area contributed by atoms with E-state index in [1.54, 1.807) is 0 Å². The summed E-state index contributed by atoms with van der Waals surface area (Å²) in [6, 6.07) is 0. The van der Waals surface area contributed by atoms with Crippen LogP contribution in [0.1, 0.15) is 5.56 Å². The SMILES string of the molecule is Cc1c([N+](=O)[O-])c2c([N+](=O)[O-])c(c1[N+](=O)[O-])OO2. The number of rotatable bonds is 3. The Morgan fingerprint density at radius 3 is 1.39 bits per heavy atom. The van der Waals surface area contributed by atoms with E-state index in [2.05, 4.69) is 9.78 Å². The molecule has 0 radical (unpaired) electrons. The highest BCUT2D eigenvalue weighted by atomic mass is 17.2. The number of benzene rings is 1. The molecule has 0 saturated heterocycles. The van der Waals surface area contributed by atoms with Gasteiger partial charge in [-0.2, -0.15) is 0 Å². The van der Waals surface area contributed by atoms with Gasteiger partial charge in [0.25, 0.3) is 0 Å². The Hall–Kier alpha value is -2.98. The molecule has 1 aromatic rings. The van der Waals surface area contributed by atoms with Crippen LogP contribution in [-0.4, -0.2) is 14.8 Å². The lowest BCUT2D eigenvalue weighted by Crippen LogP contribution is -2.00. The van der Waals surface area contributed by atoms with Crippen molar-refractivity contribution in [2.45, 2.75) is 6.92 Å². The third-order valence-corrected chi connectivity index (χ3v) is 2.33. The number of hydrogen-bond acceptors (Lipinski definition) is 8. The summed E-state index contributed by atoms with van der Waals surface area (Å²) in [5.74, 6) is -1.47. The minimum atomic E-state index is -1.03. The highest BCUT2D eigenvalue weighted by molar-refractivity contribution is 5.80. The lowest BCUT2D eigenvalue weighted by atomic mass is 10.1. The number of nitrogens with zero attached hydrogens (tertiary/aromatic N) is 3. The van der Waals surface area contributed by atoms with E-state index in [0.29, 0.717) is 0 Å². The first-order chi connectivity index (χ1) is 8.36. The first-order valence-corrected chi connectivity index (χ1v) is 4.34. The molecule has 2 bridgehead atoms. The smallest absolute Gasteiger partial charge is 0.274 e. The summed E-state index contributed by atoms with van der Waals surface area (Å²) in [6.07, 6.45) is 0. The van der Waals surface area contributed by atoms with Gasteiger partial charge in [0, 0.05) is 0 Å². The van der Waals surface area contributed by atoms with E-state index in [1.165, 1.54) is 0 Å². The van der Waals surface area contributed by atoms with Gasteiger partial charge in [-0.25, -0.2) is 0 Å². The Morgan fingerprint density at radius 1 is 0.778 bits per heavy atom. The summed E-state index contributed by atoms with van der Waals surface area (Å²) in [7, 11) is 0. The van der Waals surface area contributed by atoms with Gasteiger partial charge in [-0.15, -0.1) is 0 Å². The van der Waals surface area contributed by atoms with Crippen molar-refractivity contribution in [2.24, 2.45) is 0 Å². The average molecular weight is 257 g/mol. The fourth-order valence-electron chi connectivity index (χ4n) is 1.63. The van der Waals surface area contributed by atoms with E-state index in [4.69, 9.17) is 0 Å². The molecule has 0 atom stereocenters. The highest BCUT2D eigenvalue weighted by Gasteiger charge is 2.49. The van der Waals surface area contributed by atoms with Crippen molar-refractivity contribution in [1.82, 2.24) is 0 Å². The van der Waals surface area contributed by atoms with Crippen molar-refractivity contribution in [3.8, 4) is 11.5 Å². The van der Waals surface area contributed by atoms with Crippen LogP contribution >= 0.6 is 0 Å². The molecule has 11 nitrogen and oxygen atoms in total. The molecule has 11 heteroatoms. The second-order valence-corrected chi connectivity index (χ2v) is 3.27. The van der Waals surface area contributed by atoms with Gasteiger partial charge in [0.15, 0.2) is 0 Å². The van der Waals surface area contributed by atoms with Crippen LogP contribution in [0, 0.1) is 37.3 Å². The predicted molar refractivity (Wildman–Crippen MR) is 52.4 cm³/mol. The largest absolute Gasteiger partial charge is 0.377 e. The van der Waals surface area contributed by atoms with E-state index in [1.807, 2.05) is 0 Å². The van der Waals surface area contributed by atoms with Gasteiger partial charge in [0.05, 0.1) is 14.8 Å². The zero-order valence-electron chi connectivity index (χ0n) is 8.61. The molecule has 1 heterocycles. The first-order valence-electron chi connectivity index (χ1n) is 4.34. The molecule has 0 spiro atoms. The predicted octanol–water partition coefficient (Wildman–Crippen LogP) is 1.41. The maximum Gasteiger partial charge on any atom is 0.377 e. The van der Waals surface area contributed by atoms with E-state index in [0.717, 1.165) is 6.92 Å². The van der Waals surface area contributed by atoms with Gasteiger partial charge < -0.3 is 0 Å². The first kappa shape index (κ1) is 11.5. The van der Waals surface area contributed by atoms with Crippen molar-refractivity contribution >= 4 is 17.1 Å². The maximum absolute atomic E-state index is 10.8. The van der Waals surface area contributed by atoms with E-state index in [-0.39, 0.29) is 5.56 Å². The van der Waals surface area contributed by atoms with Gasteiger partial charge in [0.2, 0.25) is 0 Å². The van der Waals surface area contributed by atoms with Gasteiger partial charge in [-0.3, -0.25) is 40.1 Å². The van der Waals surface area contributed by atoms with E-state index >= 15 is 0 Å². The topological polar surface area (TPSA) is 148 Å². The molecular weight excluding hydrogens is 254 g/mol. The summed E-state index contributed by atoms with van der Waals surface area (Å²) in [5, 5.41) is 32.3. The van der Waals surface area contributed by atoms with Crippen LogP contribution in [0.2, 0.25) is 0 Å². The molecule has 94 valence electrons. The Balaban J connectivity index is 2.93. The normalized spacial score (nSPS) is 11.6. The fourth-order valence-corrected chi connectivity index (χ4v) is 1.63. The maximum atomic E-state index is 10.8. The Labute approximate surface area is 96.9 Å². The minimum Gasteiger partial charge on any atom is -0.274 e. The van der Waals surface area contributed by atoms with Crippen LogP contribution in [0.5, 0.6) is 11.5 Å². The summed E-state index contributed by atoms with van der Waals surface area (Å²) in [4.78, 5) is 38.0. The van der Waals surface area contributed by atoms with Crippen molar-refractivity contribution in [3.63, 3.8) is 0 Å². The van der Waals surface area contributed by atoms with E-state index < -0.39 is 43.3 Å². The second kappa shape index (κ2) is 3.51. The molecule has 0 fully saturated rings. The van der Waals surface area contributed by atoms with Crippen molar-refractivity contribution in [1.29, 1.82) is 0 Å². The molecule has 0 unspecified atom stereocenters. The molecule has 0 amide bonds. The third kappa shape index (κ3) is 1.30. The Bertz CT molecular complexity index is 566. The average Bonchev–Trinajstić information content (AvgIpc) is 2.55. The third-order valence-electron chi connectivity index (χ3n) is 2.33. The van der Waals surface area contributed by atoms with Crippen molar-refractivity contribution in [3.05, 3.63) is 35.9 Å². The van der Waals surface area contributed by atoms with Gasteiger partial charge >= 0.3 is 28.6 Å². The lowest BCUT2D eigenvalue weighted by Gasteiger charge is -1.98. The molecule has 1 aromatic carbocycles. The monoisotopic (exact) mass is 257 g/mol. The van der Waals surface area contributed by atoms with Crippen molar-refractivity contribution in [2.75, 3.05) is 0 Å². The standard InChI is InChI=1S/C7H3N3O8/c1-2-3(8(11)12)6-5(10(15)16)7(18-17-6)4(2)9(13)14/h1H3. The highest BCUT2D eigenvalue weighted by Crippen LogP contribution is 2.55. The zero-order valence-corrected chi connectivity index (χ0v) is 8.61. The molecule has 0 saturated carbocycles. The Kier molecular flexibility index (Phi) is 2.24. The Morgan fingerprint density at radius 2 is 1.11 bits per heavy atom. The molecule has 0 aliphatic carbocycles. The zero-order chi connectivity index (χ0) is 13.6. The van der Waals surface area contributed by atoms with Crippen LogP contribution in [0.4, 0.5) is 17.1 Å². The summed E-state index contributed by atoms with van der Waals surface area (Å²) >= 11 is 0. The fraction of sp³-hybridized carbons (Fsp3) is 0.143. The van der Waals surface area contributed by atoms with Gasteiger partial charge in [-0.1, -0.05) is 0 Å². The lowest BCUT2D eigenvalue weighted by molar-refractivity contribution is -0.403. The number of nitro benzene ring substituents is 3. The number of nitro groups is 3. The molecule has 1 aliphatic heterocycles. The molecule has 1 aliphatic rings. The minimum absolute atomic E-state index is 0.363. The number of fused-ring (bicyclic) bond motifs is 2. The van der Waals surface area contributed by atoms with Crippen LogP contribution in [0.25, 0.3) is 0 Å². The molecule has 0 N–H and O–H groups in total. The van der Waals surface area contributed by atoms with Crippen LogP contribution in [0.3, 0.4) is 0 Å². The molecule has 2 rings (SSSR count). The van der Waals surface area contributed by atoms with Crippen LogP contribution in [0.15, 0.2) is 0 Å². The van der Waals surface area contributed by atoms with E-state index in [9.17, 15) is 30.3 Å². The van der Waals surface area contributed by atoms with Crippen LogP contribution < -0.4 is 9.78 Å². The van der Waals surface area contributed by atoms with Gasteiger partial charge in [0.1, 0.15) is 5.56 Å². The summed E-state index contributed by atoms with van der Waals surface area (Å²) < 4.78 is 0. The quantitative estimate of drug-likeness (QED) is 0.448. The molecule has 18 heavy (non-hydrogen) atoms. The second-order valence-electron chi connectivity index (χ2n) is 3.27.